The van der Waals surface area contributed by atoms with Crippen LogP contribution in [0.15, 0.2) is 29.4 Å². The van der Waals surface area contributed by atoms with E-state index in [1.807, 2.05) is 0 Å². The molecule has 128 valence electrons. The number of carbonyl (C=O) groups excluding carboxylic acids is 2. The highest BCUT2D eigenvalue weighted by atomic mass is 19.1. The van der Waals surface area contributed by atoms with Crippen molar-refractivity contribution in [2.24, 2.45) is 5.10 Å². The largest absolute Gasteiger partial charge is 0.481 e. The summed E-state index contributed by atoms with van der Waals surface area (Å²) in [5, 5.41) is 16.5. The third-order valence-electron chi connectivity index (χ3n) is 3.47. The zero-order chi connectivity index (χ0) is 17.7. The molecule has 0 aromatic heterocycles. The van der Waals surface area contributed by atoms with E-state index in [0.717, 1.165) is 0 Å². The number of aliphatic carboxylic acids is 1. The summed E-state index contributed by atoms with van der Waals surface area (Å²) in [6.45, 7) is 1.72. The van der Waals surface area contributed by atoms with E-state index in [-0.39, 0.29) is 43.2 Å². The number of carboxylic acid groups (broad SMARTS) is 1. The summed E-state index contributed by atoms with van der Waals surface area (Å²) in [7, 11) is 0. The van der Waals surface area contributed by atoms with Crippen LogP contribution in [0.5, 0.6) is 0 Å². The van der Waals surface area contributed by atoms with Crippen molar-refractivity contribution in [2.75, 3.05) is 0 Å². The summed E-state index contributed by atoms with van der Waals surface area (Å²) in [5.41, 5.74) is 0.864. The molecule has 0 spiro atoms. The molecular formula is C16H18FN3O4. The van der Waals surface area contributed by atoms with E-state index in [9.17, 15) is 18.8 Å². The number of nitrogens with zero attached hydrogens (tertiary/aromatic N) is 2. The van der Waals surface area contributed by atoms with Gasteiger partial charge in [-0.15, -0.1) is 0 Å². The number of hydrogen-bond donors (Lipinski definition) is 2. The van der Waals surface area contributed by atoms with Crippen molar-refractivity contribution in [1.82, 2.24) is 10.3 Å². The number of hydrazone groups is 1. The molecule has 24 heavy (non-hydrogen) atoms. The molecule has 7 nitrogen and oxygen atoms in total. The Morgan fingerprint density at radius 2 is 2.00 bits per heavy atom. The van der Waals surface area contributed by atoms with Gasteiger partial charge in [0.15, 0.2) is 0 Å². The van der Waals surface area contributed by atoms with Gasteiger partial charge in [0.25, 0.3) is 5.91 Å². The molecule has 0 aliphatic carbocycles. The van der Waals surface area contributed by atoms with E-state index in [1.54, 1.807) is 19.1 Å². The van der Waals surface area contributed by atoms with Crippen molar-refractivity contribution in [3.05, 3.63) is 35.6 Å². The first-order valence-electron chi connectivity index (χ1n) is 7.50. The van der Waals surface area contributed by atoms with Crippen LogP contribution in [0.2, 0.25) is 0 Å². The van der Waals surface area contributed by atoms with Gasteiger partial charge in [0.2, 0.25) is 5.91 Å². The highest BCUT2D eigenvalue weighted by Gasteiger charge is 2.25. The Labute approximate surface area is 138 Å². The van der Waals surface area contributed by atoms with E-state index in [0.29, 0.717) is 5.56 Å². The van der Waals surface area contributed by atoms with Gasteiger partial charge in [0.05, 0.1) is 13.0 Å². The van der Waals surface area contributed by atoms with Crippen molar-refractivity contribution < 1.29 is 23.9 Å². The lowest BCUT2D eigenvalue weighted by Gasteiger charge is -2.24. The number of halogens is 1. The number of benzene rings is 1. The predicted octanol–water partition coefficient (Wildman–Crippen LogP) is 1.28. The fourth-order valence-corrected chi connectivity index (χ4v) is 2.27. The summed E-state index contributed by atoms with van der Waals surface area (Å²) in [4.78, 5) is 34.7. The molecule has 2 amide bonds. The Bertz CT molecular complexity index is 672. The zero-order valence-electron chi connectivity index (χ0n) is 13.2. The summed E-state index contributed by atoms with van der Waals surface area (Å²) in [5.74, 6) is -2.10. The molecule has 1 heterocycles. The van der Waals surface area contributed by atoms with Crippen molar-refractivity contribution in [3.8, 4) is 0 Å². The standard InChI is InChI=1S/C16H18FN3O4/c1-10(8-15(22)23)18-16(24)13-6-7-14(21)20(19-13)9-11-2-4-12(17)5-3-11/h2-5,10H,6-9H2,1H3,(H,18,24)(H,22,23). The van der Waals surface area contributed by atoms with Gasteiger partial charge in [-0.25, -0.2) is 9.40 Å². The molecule has 0 fully saturated rings. The lowest BCUT2D eigenvalue weighted by Crippen LogP contribution is -2.42. The molecule has 2 rings (SSSR count). The van der Waals surface area contributed by atoms with Crippen LogP contribution in [0, 0.1) is 5.82 Å². The van der Waals surface area contributed by atoms with Crippen LogP contribution in [0.4, 0.5) is 4.39 Å². The van der Waals surface area contributed by atoms with Crippen molar-refractivity contribution in [3.63, 3.8) is 0 Å². The second-order valence-electron chi connectivity index (χ2n) is 5.60. The molecule has 1 aliphatic heterocycles. The van der Waals surface area contributed by atoms with Crippen LogP contribution in [-0.4, -0.2) is 39.7 Å². The van der Waals surface area contributed by atoms with Gasteiger partial charge in [0.1, 0.15) is 11.5 Å². The molecule has 1 aromatic rings. The minimum absolute atomic E-state index is 0.139. The highest BCUT2D eigenvalue weighted by Crippen LogP contribution is 2.14. The Kier molecular flexibility index (Phi) is 5.62. The first-order valence-corrected chi connectivity index (χ1v) is 7.50. The lowest BCUT2D eigenvalue weighted by atomic mass is 10.1. The second-order valence-corrected chi connectivity index (χ2v) is 5.60. The Balaban J connectivity index is 2.05. The van der Waals surface area contributed by atoms with E-state index >= 15 is 0 Å². The fourth-order valence-electron chi connectivity index (χ4n) is 2.27. The maximum absolute atomic E-state index is 12.9. The van der Waals surface area contributed by atoms with E-state index in [1.165, 1.54) is 17.1 Å². The van der Waals surface area contributed by atoms with Crippen molar-refractivity contribution >= 4 is 23.5 Å². The molecule has 0 saturated heterocycles. The van der Waals surface area contributed by atoms with Gasteiger partial charge in [-0.3, -0.25) is 14.4 Å². The third kappa shape index (κ3) is 4.87. The first kappa shape index (κ1) is 17.6. The van der Waals surface area contributed by atoms with Crippen LogP contribution >= 0.6 is 0 Å². The average molecular weight is 335 g/mol. The monoisotopic (exact) mass is 335 g/mol. The molecule has 0 bridgehead atoms. The second kappa shape index (κ2) is 7.67. The normalized spacial score (nSPS) is 15.7. The highest BCUT2D eigenvalue weighted by molar-refractivity contribution is 6.39. The van der Waals surface area contributed by atoms with Crippen LogP contribution in [-0.2, 0) is 20.9 Å². The quantitative estimate of drug-likeness (QED) is 0.818. The van der Waals surface area contributed by atoms with Crippen molar-refractivity contribution in [1.29, 1.82) is 0 Å². The molecule has 8 heteroatoms. The zero-order valence-corrected chi connectivity index (χ0v) is 13.2. The number of hydrogen-bond acceptors (Lipinski definition) is 4. The van der Waals surface area contributed by atoms with E-state index in [2.05, 4.69) is 10.4 Å². The smallest absolute Gasteiger partial charge is 0.305 e. The molecule has 1 unspecified atom stereocenters. The Morgan fingerprint density at radius 1 is 1.33 bits per heavy atom. The van der Waals surface area contributed by atoms with Crippen LogP contribution < -0.4 is 5.32 Å². The molecule has 1 aliphatic rings. The molecular weight excluding hydrogens is 317 g/mol. The summed E-state index contributed by atoms with van der Waals surface area (Å²) in [6, 6.07) is 5.12. The van der Waals surface area contributed by atoms with Crippen LogP contribution in [0.3, 0.4) is 0 Å². The topological polar surface area (TPSA) is 99.1 Å². The fraction of sp³-hybridized carbons (Fsp3) is 0.375. The van der Waals surface area contributed by atoms with Gasteiger partial charge < -0.3 is 10.4 Å². The Hall–Kier alpha value is -2.77. The number of rotatable bonds is 6. The number of nitrogens with one attached hydrogen (secondary N) is 1. The molecule has 0 radical (unpaired) electrons. The minimum atomic E-state index is -1.01. The molecule has 1 atom stereocenters. The van der Waals surface area contributed by atoms with Gasteiger partial charge >= 0.3 is 5.97 Å². The molecule has 2 N–H and O–H groups in total. The average Bonchev–Trinajstić information content (AvgIpc) is 2.50. The van der Waals surface area contributed by atoms with Gasteiger partial charge in [-0.1, -0.05) is 12.1 Å². The Morgan fingerprint density at radius 3 is 2.62 bits per heavy atom. The number of carbonyl (C=O) groups is 3. The van der Waals surface area contributed by atoms with Gasteiger partial charge in [-0.05, 0) is 24.6 Å². The third-order valence-corrected chi connectivity index (χ3v) is 3.47. The van der Waals surface area contributed by atoms with Gasteiger partial charge in [0, 0.05) is 18.9 Å². The van der Waals surface area contributed by atoms with E-state index in [4.69, 9.17) is 5.11 Å². The number of carboxylic acids is 1. The SMILES string of the molecule is CC(CC(=O)O)NC(=O)C1=NN(Cc2ccc(F)cc2)C(=O)CC1. The molecule has 1 aromatic carbocycles. The van der Waals surface area contributed by atoms with Gasteiger partial charge in [-0.2, -0.15) is 5.10 Å². The number of amides is 2. The molecule has 0 saturated carbocycles. The van der Waals surface area contributed by atoms with E-state index < -0.39 is 17.9 Å². The minimum Gasteiger partial charge on any atom is -0.481 e. The van der Waals surface area contributed by atoms with Crippen molar-refractivity contribution in [2.45, 2.75) is 38.8 Å². The van der Waals surface area contributed by atoms with Crippen LogP contribution in [0.25, 0.3) is 0 Å². The first-order chi connectivity index (χ1) is 11.3. The predicted molar refractivity (Wildman–Crippen MR) is 83.5 cm³/mol. The summed E-state index contributed by atoms with van der Waals surface area (Å²) < 4.78 is 12.9. The van der Waals surface area contributed by atoms with Crippen LogP contribution in [0.1, 0.15) is 31.7 Å². The summed E-state index contributed by atoms with van der Waals surface area (Å²) >= 11 is 0. The summed E-state index contributed by atoms with van der Waals surface area (Å²) in [6.07, 6.45) is 0.141. The maximum Gasteiger partial charge on any atom is 0.305 e. The maximum atomic E-state index is 12.9. The lowest BCUT2D eigenvalue weighted by molar-refractivity contribution is -0.137.